The molecule has 0 saturated heterocycles. The molecule has 1 unspecified atom stereocenters. The van der Waals surface area contributed by atoms with E-state index in [-0.39, 0.29) is 6.04 Å². The van der Waals surface area contributed by atoms with Gasteiger partial charge in [0.1, 0.15) is 0 Å². The average Bonchev–Trinajstić information content (AvgIpc) is 3.81. The van der Waals surface area contributed by atoms with E-state index in [4.69, 9.17) is 10.7 Å². The summed E-state index contributed by atoms with van der Waals surface area (Å²) in [5.41, 5.74) is 18.8. The zero-order valence-corrected chi connectivity index (χ0v) is 31.7. The molecular formula is C52H39N3S. The Balaban J connectivity index is 0.991. The average molecular weight is 738 g/mol. The topological polar surface area (TPSA) is 43.3 Å². The van der Waals surface area contributed by atoms with Crippen molar-refractivity contribution in [3.8, 4) is 27.9 Å². The highest BCUT2D eigenvalue weighted by Crippen LogP contribution is 2.38. The van der Waals surface area contributed by atoms with Crippen LogP contribution in [-0.4, -0.2) is 16.8 Å². The Kier molecular flexibility index (Phi) is 8.74. The van der Waals surface area contributed by atoms with Crippen LogP contribution in [0.5, 0.6) is 0 Å². The number of fused-ring (bicyclic) bond motifs is 6. The van der Waals surface area contributed by atoms with Crippen LogP contribution in [0.4, 0.5) is 0 Å². The highest BCUT2D eigenvalue weighted by Gasteiger charge is 2.15. The van der Waals surface area contributed by atoms with Crippen LogP contribution in [0.15, 0.2) is 199 Å². The van der Waals surface area contributed by atoms with Crippen molar-refractivity contribution in [3.05, 3.63) is 205 Å². The van der Waals surface area contributed by atoms with Gasteiger partial charge in [-0.3, -0.25) is 4.99 Å². The van der Waals surface area contributed by atoms with Gasteiger partial charge in [-0.05, 0) is 100 Å². The molecule has 7 aromatic carbocycles. The number of benzene rings is 7. The molecule has 3 nitrogen and oxygen atoms in total. The Labute approximate surface area is 330 Å². The zero-order valence-electron chi connectivity index (χ0n) is 30.8. The summed E-state index contributed by atoms with van der Waals surface area (Å²) in [7, 11) is 0. The lowest BCUT2D eigenvalue weighted by molar-refractivity contribution is 0.926. The second kappa shape index (κ2) is 14.5. The summed E-state index contributed by atoms with van der Waals surface area (Å²) >= 11 is 1.86. The molecule has 0 fully saturated rings. The number of rotatable bonds is 8. The van der Waals surface area contributed by atoms with E-state index >= 15 is 0 Å². The maximum absolute atomic E-state index is 6.60. The van der Waals surface area contributed by atoms with Gasteiger partial charge in [0.2, 0.25) is 0 Å². The third kappa shape index (κ3) is 6.34. The molecule has 268 valence electrons. The Morgan fingerprint density at radius 1 is 0.589 bits per heavy atom. The summed E-state index contributed by atoms with van der Waals surface area (Å²) in [6.45, 7) is 0. The molecule has 0 bridgehead atoms. The van der Waals surface area contributed by atoms with Crippen molar-refractivity contribution in [2.24, 2.45) is 10.7 Å². The molecule has 0 amide bonds. The fourth-order valence-corrected chi connectivity index (χ4v) is 9.22. The number of nitrogens with two attached hydrogens (primary N) is 1. The molecule has 0 spiro atoms. The van der Waals surface area contributed by atoms with Crippen LogP contribution in [0.25, 0.3) is 75.6 Å². The maximum atomic E-state index is 6.60. The number of aliphatic imine (C=N–C) groups is 1. The first-order valence-corrected chi connectivity index (χ1v) is 20.1. The number of hydrogen-bond donors (Lipinski definition) is 1. The summed E-state index contributed by atoms with van der Waals surface area (Å²) in [5.74, 6) is 0. The van der Waals surface area contributed by atoms with E-state index < -0.39 is 0 Å². The molecule has 1 aliphatic rings. The minimum Gasteiger partial charge on any atom is -0.398 e. The zero-order chi connectivity index (χ0) is 37.4. The number of nitrogens with zero attached hydrogens (tertiary/aromatic N) is 2. The van der Waals surface area contributed by atoms with E-state index in [1.165, 1.54) is 58.7 Å². The van der Waals surface area contributed by atoms with Crippen molar-refractivity contribution < 1.29 is 0 Å². The van der Waals surface area contributed by atoms with Crippen molar-refractivity contribution in [3.63, 3.8) is 0 Å². The molecule has 4 heteroatoms. The molecule has 0 saturated carbocycles. The first-order valence-electron chi connectivity index (χ1n) is 19.2. The summed E-state index contributed by atoms with van der Waals surface area (Å²) in [4.78, 5) is 5.10. The van der Waals surface area contributed by atoms with E-state index in [9.17, 15) is 0 Å². The molecule has 2 aromatic heterocycles. The Hall–Kier alpha value is -6.75. The Bertz CT molecular complexity index is 3030. The monoisotopic (exact) mass is 737 g/mol. The highest BCUT2D eigenvalue weighted by molar-refractivity contribution is 7.25. The van der Waals surface area contributed by atoms with Gasteiger partial charge in [0.05, 0.1) is 17.1 Å². The predicted molar refractivity (Wildman–Crippen MR) is 241 cm³/mol. The maximum Gasteiger partial charge on any atom is 0.0950 e. The quantitative estimate of drug-likeness (QED) is 0.155. The van der Waals surface area contributed by atoms with Gasteiger partial charge >= 0.3 is 0 Å². The number of hydrogen-bond acceptors (Lipinski definition) is 3. The number of thiophene rings is 1. The summed E-state index contributed by atoms with van der Waals surface area (Å²) in [6.07, 6.45) is 12.8. The minimum atomic E-state index is -0.174. The lowest BCUT2D eigenvalue weighted by Crippen LogP contribution is -2.09. The van der Waals surface area contributed by atoms with Gasteiger partial charge in [0, 0.05) is 48.5 Å². The molecule has 56 heavy (non-hydrogen) atoms. The molecular weight excluding hydrogens is 699 g/mol. The Morgan fingerprint density at radius 3 is 2.12 bits per heavy atom. The highest BCUT2D eigenvalue weighted by atomic mass is 32.1. The van der Waals surface area contributed by atoms with Crippen LogP contribution in [-0.2, 0) is 0 Å². The predicted octanol–water partition coefficient (Wildman–Crippen LogP) is 13.5. The normalized spacial score (nSPS) is 14.0. The molecule has 2 heterocycles. The Morgan fingerprint density at radius 2 is 1.29 bits per heavy atom. The van der Waals surface area contributed by atoms with Gasteiger partial charge in [0.15, 0.2) is 0 Å². The molecule has 0 aliphatic heterocycles. The van der Waals surface area contributed by atoms with Gasteiger partial charge in [-0.1, -0.05) is 140 Å². The second-order valence-electron chi connectivity index (χ2n) is 14.5. The SMILES string of the molecule is N/C(=C\C(N=Cc1cccc(-c2ccc3c4ccccc4n(-c4ccc(-c5ccc6c(c5)sc5ccccc56)cc4)c3c2)c1)C1=CCCC=C1)c1ccccc1. The number of para-hydroxylation sites is 1. The van der Waals surface area contributed by atoms with Gasteiger partial charge in [-0.2, -0.15) is 0 Å². The lowest BCUT2D eigenvalue weighted by Gasteiger charge is -2.14. The molecule has 2 N–H and O–H groups in total. The van der Waals surface area contributed by atoms with E-state index in [2.05, 4.69) is 162 Å². The fourth-order valence-electron chi connectivity index (χ4n) is 8.08. The van der Waals surface area contributed by atoms with Crippen LogP contribution >= 0.6 is 11.3 Å². The third-order valence-corrected chi connectivity index (χ3v) is 12.1. The van der Waals surface area contributed by atoms with Gasteiger partial charge in [-0.25, -0.2) is 0 Å². The van der Waals surface area contributed by atoms with Crippen LogP contribution < -0.4 is 5.73 Å². The van der Waals surface area contributed by atoms with Gasteiger partial charge in [-0.15, -0.1) is 11.3 Å². The second-order valence-corrected chi connectivity index (χ2v) is 15.5. The van der Waals surface area contributed by atoms with Crippen molar-refractivity contribution in [1.82, 2.24) is 4.57 Å². The van der Waals surface area contributed by atoms with E-state index in [0.717, 1.165) is 46.5 Å². The van der Waals surface area contributed by atoms with Crippen LogP contribution in [0, 0.1) is 0 Å². The van der Waals surface area contributed by atoms with Crippen molar-refractivity contribution in [1.29, 1.82) is 0 Å². The smallest absolute Gasteiger partial charge is 0.0950 e. The molecule has 10 rings (SSSR count). The third-order valence-electron chi connectivity index (χ3n) is 10.9. The van der Waals surface area contributed by atoms with Crippen LogP contribution in [0.3, 0.4) is 0 Å². The molecule has 1 atom stereocenters. The largest absolute Gasteiger partial charge is 0.398 e. The van der Waals surface area contributed by atoms with Gasteiger partial charge < -0.3 is 10.3 Å². The van der Waals surface area contributed by atoms with Crippen molar-refractivity contribution >= 4 is 65.2 Å². The first kappa shape index (κ1) is 33.8. The number of aromatic nitrogens is 1. The van der Waals surface area contributed by atoms with E-state index in [1.54, 1.807) is 0 Å². The summed E-state index contributed by atoms with van der Waals surface area (Å²) in [6, 6.07) is 58.7. The number of allylic oxidation sites excluding steroid dienone is 2. The summed E-state index contributed by atoms with van der Waals surface area (Å²) < 4.78 is 5.05. The van der Waals surface area contributed by atoms with Gasteiger partial charge in [0.25, 0.3) is 0 Å². The fraction of sp³-hybridized carbons (Fsp3) is 0.0577. The molecule has 9 aromatic rings. The van der Waals surface area contributed by atoms with Crippen molar-refractivity contribution in [2.75, 3.05) is 0 Å². The lowest BCUT2D eigenvalue weighted by atomic mass is 9.98. The summed E-state index contributed by atoms with van der Waals surface area (Å²) in [5, 5.41) is 5.14. The minimum absolute atomic E-state index is 0.174. The van der Waals surface area contributed by atoms with Crippen LogP contribution in [0.1, 0.15) is 24.0 Å². The van der Waals surface area contributed by atoms with Crippen LogP contribution in [0.2, 0.25) is 0 Å². The van der Waals surface area contributed by atoms with Crippen molar-refractivity contribution in [2.45, 2.75) is 18.9 Å². The van der Waals surface area contributed by atoms with E-state index in [1.807, 2.05) is 47.9 Å². The molecule has 1 aliphatic carbocycles. The standard InChI is InChI=1S/C52H39N3S/c53-47(37-13-3-1-4-14-37)33-48(38-15-5-2-6-16-38)54-34-35-12-11-17-39(30-35)40-24-28-44-43-18-7-9-20-49(43)55(50(44)31-40)42-26-22-36(23-27-42)41-25-29-46-45-19-8-10-21-51(45)56-52(46)32-41/h1,3-5,7-34,48H,2,6,53H2/b47-33-,54-34?. The molecule has 0 radical (unpaired) electrons. The first-order chi connectivity index (χ1) is 27.7. The van der Waals surface area contributed by atoms with E-state index in [0.29, 0.717) is 0 Å².